The summed E-state index contributed by atoms with van der Waals surface area (Å²) in [6.45, 7) is 2.92. The normalized spacial score (nSPS) is 26.8. The fourth-order valence-corrected chi connectivity index (χ4v) is 3.94. The summed E-state index contributed by atoms with van der Waals surface area (Å²) < 4.78 is 0. The second kappa shape index (κ2) is 7.66. The molecule has 0 aromatic heterocycles. The number of unbranched alkanes of at least 4 members (excludes halogenated alkanes) is 1. The maximum absolute atomic E-state index is 12.9. The van der Waals surface area contributed by atoms with Crippen molar-refractivity contribution in [1.82, 2.24) is 10.2 Å². The Morgan fingerprint density at radius 2 is 1.95 bits per heavy atom. The van der Waals surface area contributed by atoms with Gasteiger partial charge in [-0.25, -0.2) is 4.79 Å². The first-order chi connectivity index (χ1) is 10.1. The maximum Gasteiger partial charge on any atom is 0.312 e. The lowest BCUT2D eigenvalue weighted by atomic mass is 9.78. The van der Waals surface area contributed by atoms with E-state index in [1.54, 1.807) is 0 Å². The van der Waals surface area contributed by atoms with Crippen LogP contribution in [0.25, 0.3) is 0 Å². The van der Waals surface area contributed by atoms with Gasteiger partial charge in [0.25, 0.3) is 0 Å². The van der Waals surface area contributed by atoms with E-state index >= 15 is 0 Å². The molecular formula is C16H29N3O2. The summed E-state index contributed by atoms with van der Waals surface area (Å²) in [7, 11) is 0. The first-order valence-electron chi connectivity index (χ1n) is 8.50. The number of likely N-dealkylation sites (tertiary alicyclic amines) is 1. The van der Waals surface area contributed by atoms with E-state index < -0.39 is 12.1 Å². The van der Waals surface area contributed by atoms with E-state index in [9.17, 15) is 9.59 Å². The van der Waals surface area contributed by atoms with Crippen molar-refractivity contribution in [2.75, 3.05) is 6.54 Å². The zero-order valence-corrected chi connectivity index (χ0v) is 13.1. The van der Waals surface area contributed by atoms with Crippen LogP contribution in [0.2, 0.25) is 0 Å². The third-order valence-electron chi connectivity index (χ3n) is 4.99. The molecule has 1 aliphatic carbocycles. The highest BCUT2D eigenvalue weighted by Gasteiger charge is 2.37. The summed E-state index contributed by atoms with van der Waals surface area (Å²) in [4.78, 5) is 26.1. The van der Waals surface area contributed by atoms with Gasteiger partial charge in [-0.3, -0.25) is 4.79 Å². The van der Waals surface area contributed by atoms with Crippen molar-refractivity contribution in [2.24, 2.45) is 11.7 Å². The molecule has 2 aliphatic rings. The monoisotopic (exact) mass is 295 g/mol. The average Bonchev–Trinajstić information content (AvgIpc) is 2.50. The largest absolute Gasteiger partial charge is 0.352 e. The molecule has 0 radical (unpaired) electrons. The van der Waals surface area contributed by atoms with Gasteiger partial charge in [-0.2, -0.15) is 0 Å². The summed E-state index contributed by atoms with van der Waals surface area (Å²) in [6, 6.07) is -0.649. The highest BCUT2D eigenvalue weighted by Crippen LogP contribution is 2.35. The molecule has 3 N–H and O–H groups in total. The van der Waals surface area contributed by atoms with E-state index in [-0.39, 0.29) is 5.91 Å². The topological polar surface area (TPSA) is 75.4 Å². The van der Waals surface area contributed by atoms with Crippen LogP contribution in [0.1, 0.15) is 64.7 Å². The summed E-state index contributed by atoms with van der Waals surface area (Å²) in [6.07, 6.45) is 9.84. The van der Waals surface area contributed by atoms with E-state index in [4.69, 9.17) is 5.73 Å². The molecule has 2 rings (SSSR count). The second-order valence-corrected chi connectivity index (χ2v) is 6.49. The first kappa shape index (κ1) is 16.1. The Kier molecular flexibility index (Phi) is 5.88. The third-order valence-corrected chi connectivity index (χ3v) is 4.99. The number of rotatable bonds is 5. The predicted molar refractivity (Wildman–Crippen MR) is 82.7 cm³/mol. The number of urea groups is 1. The molecule has 5 nitrogen and oxygen atoms in total. The zero-order valence-electron chi connectivity index (χ0n) is 13.1. The summed E-state index contributed by atoms with van der Waals surface area (Å²) >= 11 is 0. The molecule has 0 spiro atoms. The molecule has 21 heavy (non-hydrogen) atoms. The number of carbonyl (C=O) groups excluding carboxylic acids is 2. The van der Waals surface area contributed by atoms with E-state index in [0.717, 1.165) is 32.2 Å². The van der Waals surface area contributed by atoms with Crippen molar-refractivity contribution >= 4 is 11.9 Å². The number of carbonyl (C=O) groups is 2. The van der Waals surface area contributed by atoms with Gasteiger partial charge in [-0.1, -0.05) is 32.6 Å². The minimum absolute atomic E-state index is 0.0823. The third kappa shape index (κ3) is 4.11. The van der Waals surface area contributed by atoms with Gasteiger partial charge in [0.2, 0.25) is 5.91 Å². The fraction of sp³-hybridized carbons (Fsp3) is 0.875. The van der Waals surface area contributed by atoms with Crippen LogP contribution in [0, 0.1) is 5.92 Å². The molecule has 5 heteroatoms. The smallest absolute Gasteiger partial charge is 0.312 e. The molecule has 0 bridgehead atoms. The minimum Gasteiger partial charge on any atom is -0.352 e. The molecule has 3 amide bonds. The standard InChI is InChI=1S/C16H29N3O2/c1-2-3-9-13(18-16(17)21)15(20)19-11-6-8-12-7-4-5-10-14(12)19/h12-14H,2-11H2,1H3,(H3,17,18,21)/t12-,13-,14+/m0/s1. The number of fused-ring (bicyclic) bond motifs is 1. The molecule has 120 valence electrons. The van der Waals surface area contributed by atoms with E-state index in [1.165, 1.54) is 25.7 Å². The van der Waals surface area contributed by atoms with Crippen LogP contribution in [0.5, 0.6) is 0 Å². The second-order valence-electron chi connectivity index (χ2n) is 6.49. The predicted octanol–water partition coefficient (Wildman–Crippen LogP) is 2.39. The SMILES string of the molecule is CCCC[C@H](NC(N)=O)C(=O)N1CCC[C@@H]2CCCC[C@H]21. The highest BCUT2D eigenvalue weighted by atomic mass is 16.2. The maximum atomic E-state index is 12.9. The Hall–Kier alpha value is -1.26. The lowest BCUT2D eigenvalue weighted by Crippen LogP contribution is -2.56. The van der Waals surface area contributed by atoms with Crippen molar-refractivity contribution in [3.63, 3.8) is 0 Å². The van der Waals surface area contributed by atoms with Gasteiger partial charge in [0, 0.05) is 12.6 Å². The van der Waals surface area contributed by atoms with Crippen LogP contribution in [0.3, 0.4) is 0 Å². The van der Waals surface area contributed by atoms with Crippen LogP contribution in [-0.2, 0) is 4.79 Å². The van der Waals surface area contributed by atoms with Crippen LogP contribution in [0.4, 0.5) is 4.79 Å². The minimum atomic E-state index is -0.596. The molecule has 1 heterocycles. The molecule has 0 aromatic rings. The number of amides is 3. The average molecular weight is 295 g/mol. The van der Waals surface area contributed by atoms with Gasteiger partial charge >= 0.3 is 6.03 Å². The van der Waals surface area contributed by atoms with Gasteiger partial charge in [0.15, 0.2) is 0 Å². The van der Waals surface area contributed by atoms with Crippen LogP contribution in [0.15, 0.2) is 0 Å². The quantitative estimate of drug-likeness (QED) is 0.817. The van der Waals surface area contributed by atoms with E-state index in [1.807, 2.05) is 4.90 Å². The van der Waals surface area contributed by atoms with Gasteiger partial charge in [-0.15, -0.1) is 0 Å². The molecule has 0 unspecified atom stereocenters. The number of nitrogens with two attached hydrogens (primary N) is 1. The first-order valence-corrected chi connectivity index (χ1v) is 8.50. The number of primary amides is 1. The summed E-state index contributed by atoms with van der Waals surface area (Å²) in [5.74, 6) is 0.746. The Morgan fingerprint density at radius 1 is 1.24 bits per heavy atom. The number of nitrogens with zero attached hydrogens (tertiary/aromatic N) is 1. The number of piperidine rings is 1. The molecule has 1 aliphatic heterocycles. The van der Waals surface area contributed by atoms with Crippen LogP contribution >= 0.6 is 0 Å². The lowest BCUT2D eigenvalue weighted by molar-refractivity contribution is -0.139. The van der Waals surface area contributed by atoms with E-state index in [0.29, 0.717) is 18.4 Å². The van der Waals surface area contributed by atoms with Crippen LogP contribution in [-0.4, -0.2) is 35.5 Å². The molecule has 3 atom stereocenters. The van der Waals surface area contributed by atoms with Gasteiger partial charge in [0.05, 0.1) is 0 Å². The number of nitrogens with one attached hydrogen (secondary N) is 1. The van der Waals surface area contributed by atoms with Gasteiger partial charge in [0.1, 0.15) is 6.04 Å². The van der Waals surface area contributed by atoms with Crippen molar-refractivity contribution < 1.29 is 9.59 Å². The van der Waals surface area contributed by atoms with Crippen LogP contribution < -0.4 is 11.1 Å². The molecule has 2 fully saturated rings. The fourth-order valence-electron chi connectivity index (χ4n) is 3.94. The Balaban J connectivity index is 2.04. The highest BCUT2D eigenvalue weighted by molar-refractivity contribution is 5.86. The number of hydrogen-bond donors (Lipinski definition) is 2. The number of hydrogen-bond acceptors (Lipinski definition) is 2. The van der Waals surface area contributed by atoms with Crippen molar-refractivity contribution in [3.8, 4) is 0 Å². The summed E-state index contributed by atoms with van der Waals surface area (Å²) in [5, 5.41) is 2.65. The van der Waals surface area contributed by atoms with Gasteiger partial charge < -0.3 is 16.0 Å². The van der Waals surface area contributed by atoms with E-state index in [2.05, 4.69) is 12.2 Å². The molecule has 1 saturated heterocycles. The molecular weight excluding hydrogens is 266 g/mol. The Labute approximate surface area is 127 Å². The Bertz CT molecular complexity index is 371. The Morgan fingerprint density at radius 3 is 2.67 bits per heavy atom. The lowest BCUT2D eigenvalue weighted by Gasteiger charge is -2.45. The molecule has 0 aromatic carbocycles. The molecule has 1 saturated carbocycles. The van der Waals surface area contributed by atoms with Gasteiger partial charge in [-0.05, 0) is 38.0 Å². The summed E-state index contributed by atoms with van der Waals surface area (Å²) in [5.41, 5.74) is 5.24. The zero-order chi connectivity index (χ0) is 15.2. The van der Waals surface area contributed by atoms with Crippen molar-refractivity contribution in [1.29, 1.82) is 0 Å². The van der Waals surface area contributed by atoms with Crippen molar-refractivity contribution in [3.05, 3.63) is 0 Å². The van der Waals surface area contributed by atoms with Crippen molar-refractivity contribution in [2.45, 2.75) is 76.8 Å².